The monoisotopic (exact) mass is 450 g/mol. The molecule has 2 aliphatic rings. The second-order valence-electron chi connectivity index (χ2n) is 8.73. The number of ketones is 1. The van der Waals surface area contributed by atoms with E-state index in [0.717, 1.165) is 22.6 Å². The molecule has 7 nitrogen and oxygen atoms in total. The zero-order chi connectivity index (χ0) is 23.7. The van der Waals surface area contributed by atoms with Crippen LogP contribution in [0.1, 0.15) is 38.8 Å². The van der Waals surface area contributed by atoms with Crippen LogP contribution in [0.2, 0.25) is 0 Å². The summed E-state index contributed by atoms with van der Waals surface area (Å²) in [4.78, 5) is 26.4. The number of allylic oxidation sites excluding steroid dienone is 1. The van der Waals surface area contributed by atoms with Crippen LogP contribution in [0.25, 0.3) is 0 Å². The number of esters is 1. The minimum atomic E-state index is -0.860. The quantitative estimate of drug-likeness (QED) is 0.504. The Morgan fingerprint density at radius 2 is 1.79 bits per heavy atom. The van der Waals surface area contributed by atoms with Gasteiger partial charge >= 0.3 is 5.97 Å². The van der Waals surface area contributed by atoms with E-state index in [9.17, 15) is 9.59 Å². The molecule has 0 fully saturated rings. The van der Waals surface area contributed by atoms with Gasteiger partial charge in [0.1, 0.15) is 5.92 Å². The highest BCUT2D eigenvalue weighted by Crippen LogP contribution is 2.47. The van der Waals surface area contributed by atoms with E-state index in [-0.39, 0.29) is 17.8 Å². The van der Waals surface area contributed by atoms with Gasteiger partial charge in [0.15, 0.2) is 17.3 Å². The summed E-state index contributed by atoms with van der Waals surface area (Å²) in [7, 11) is 2.91. The van der Waals surface area contributed by atoms with E-state index >= 15 is 0 Å². The Kier molecular flexibility index (Phi) is 6.31. The Balaban J connectivity index is 1.93. The minimum absolute atomic E-state index is 0.102. The third kappa shape index (κ3) is 4.15. The maximum absolute atomic E-state index is 13.8. The predicted octanol–water partition coefficient (Wildman–Crippen LogP) is 4.71. The lowest BCUT2D eigenvalue weighted by Crippen LogP contribution is -2.39. The molecule has 2 aromatic carbocycles. The molecule has 1 aliphatic carbocycles. The van der Waals surface area contributed by atoms with E-state index in [1.807, 2.05) is 63.2 Å². The van der Waals surface area contributed by atoms with Crippen LogP contribution in [0.15, 0.2) is 53.7 Å². The number of para-hydroxylation sites is 3. The summed E-state index contributed by atoms with van der Waals surface area (Å²) >= 11 is 0. The number of hydrogen-bond acceptors (Lipinski definition) is 7. The van der Waals surface area contributed by atoms with Gasteiger partial charge in [-0.1, -0.05) is 31.2 Å². The molecule has 2 aromatic rings. The predicted molar refractivity (Wildman–Crippen MR) is 127 cm³/mol. The van der Waals surface area contributed by atoms with Gasteiger partial charge in [0.05, 0.1) is 37.7 Å². The third-order valence-corrected chi connectivity index (χ3v) is 6.12. The van der Waals surface area contributed by atoms with Crippen molar-refractivity contribution < 1.29 is 23.8 Å². The summed E-state index contributed by atoms with van der Waals surface area (Å²) < 4.78 is 16.8. The van der Waals surface area contributed by atoms with E-state index in [1.54, 1.807) is 7.11 Å². The van der Waals surface area contributed by atoms with Crippen molar-refractivity contribution in [2.75, 3.05) is 24.9 Å². The molecule has 0 amide bonds. The van der Waals surface area contributed by atoms with Gasteiger partial charge in [-0.05, 0) is 44.4 Å². The first-order valence-electron chi connectivity index (χ1n) is 11.2. The highest BCUT2D eigenvalue weighted by molar-refractivity contribution is 6.11. The lowest BCUT2D eigenvalue weighted by Gasteiger charge is -2.33. The molecule has 2 N–H and O–H groups in total. The van der Waals surface area contributed by atoms with Crippen molar-refractivity contribution in [2.24, 2.45) is 11.8 Å². The number of Topliss-reactive ketones (excluding diaryl/α,β-unsaturated/α-hetero) is 1. The number of nitrogens with one attached hydrogen (secondary N) is 2. The Hall–Kier alpha value is -3.48. The molecule has 0 unspecified atom stereocenters. The molecule has 0 aromatic heterocycles. The van der Waals surface area contributed by atoms with E-state index < -0.39 is 17.9 Å². The van der Waals surface area contributed by atoms with Crippen LogP contribution >= 0.6 is 0 Å². The van der Waals surface area contributed by atoms with Crippen LogP contribution in [0.5, 0.6) is 11.5 Å². The molecule has 0 bridgehead atoms. The Bertz CT molecular complexity index is 1110. The lowest BCUT2D eigenvalue weighted by atomic mass is 9.74. The summed E-state index contributed by atoms with van der Waals surface area (Å²) in [5, 5.41) is 6.99. The van der Waals surface area contributed by atoms with Crippen LogP contribution < -0.4 is 20.1 Å². The van der Waals surface area contributed by atoms with E-state index in [1.165, 1.54) is 7.11 Å². The molecule has 0 spiro atoms. The molecular formula is C26H30N2O5. The first-order valence-corrected chi connectivity index (χ1v) is 11.2. The average Bonchev–Trinajstić information content (AvgIpc) is 2.95. The van der Waals surface area contributed by atoms with Crippen LogP contribution in [-0.2, 0) is 14.3 Å². The van der Waals surface area contributed by atoms with Crippen molar-refractivity contribution in [3.8, 4) is 11.5 Å². The van der Waals surface area contributed by atoms with Gasteiger partial charge in [-0.2, -0.15) is 0 Å². The third-order valence-electron chi connectivity index (χ3n) is 6.12. The number of hydrogen-bond donors (Lipinski definition) is 2. The van der Waals surface area contributed by atoms with Crippen molar-refractivity contribution >= 4 is 23.1 Å². The summed E-state index contributed by atoms with van der Waals surface area (Å²) in [6.45, 7) is 5.79. The normalized spacial score (nSPS) is 21.9. The maximum Gasteiger partial charge on any atom is 0.316 e. The van der Waals surface area contributed by atoms with Crippen molar-refractivity contribution in [1.29, 1.82) is 0 Å². The van der Waals surface area contributed by atoms with Crippen LogP contribution in [0, 0.1) is 11.8 Å². The van der Waals surface area contributed by atoms with E-state index in [4.69, 9.17) is 14.2 Å². The standard InChI is InChI=1S/C26H30N2O5/c1-14(2)33-25-16(9-8-12-20(25)31-4)23-22-19(27-17-10-6-7-11-18(17)28-23)13-15(3)21(24(22)29)26(30)32-5/h6-12,14-15,21,23,27-28H,13H2,1-5H3/t15-,21+,23-/m1/s1. The SMILES string of the molecule is COC(=O)[C@@H]1C(=O)C2=C(C[C@H]1C)Nc1ccccc1N[C@@H]2c1cccc(OC)c1OC(C)C. The number of carbonyl (C=O) groups is 2. The number of rotatable bonds is 5. The van der Waals surface area contributed by atoms with Gasteiger partial charge in [0.2, 0.25) is 0 Å². The number of benzene rings is 2. The lowest BCUT2D eigenvalue weighted by molar-refractivity contribution is -0.151. The summed E-state index contributed by atoms with van der Waals surface area (Å²) in [5.74, 6) is -0.660. The summed E-state index contributed by atoms with van der Waals surface area (Å²) in [6.07, 6.45) is 0.437. The molecule has 7 heteroatoms. The second-order valence-corrected chi connectivity index (χ2v) is 8.73. The first-order chi connectivity index (χ1) is 15.8. The van der Waals surface area contributed by atoms with Gasteiger partial charge in [0.25, 0.3) is 0 Å². The Labute approximate surface area is 194 Å². The van der Waals surface area contributed by atoms with Crippen molar-refractivity contribution in [3.05, 3.63) is 59.3 Å². The fraction of sp³-hybridized carbons (Fsp3) is 0.385. The molecule has 3 atom stereocenters. The Morgan fingerprint density at radius 1 is 1.06 bits per heavy atom. The molecular weight excluding hydrogens is 420 g/mol. The van der Waals surface area contributed by atoms with Gasteiger partial charge in [0, 0.05) is 16.8 Å². The molecule has 1 aliphatic heterocycles. The highest BCUT2D eigenvalue weighted by atomic mass is 16.5. The number of ether oxygens (including phenoxy) is 3. The van der Waals surface area contributed by atoms with Crippen molar-refractivity contribution in [3.63, 3.8) is 0 Å². The van der Waals surface area contributed by atoms with E-state index in [2.05, 4.69) is 10.6 Å². The van der Waals surface area contributed by atoms with Gasteiger partial charge in [-0.3, -0.25) is 9.59 Å². The summed E-state index contributed by atoms with van der Waals surface area (Å²) in [5.41, 5.74) is 3.80. The molecule has 0 saturated heterocycles. The zero-order valence-corrected chi connectivity index (χ0v) is 19.6. The maximum atomic E-state index is 13.8. The first kappa shape index (κ1) is 22.7. The van der Waals surface area contributed by atoms with Gasteiger partial charge in [-0.25, -0.2) is 0 Å². The fourth-order valence-electron chi connectivity index (χ4n) is 4.65. The number of fused-ring (bicyclic) bond motifs is 1. The number of anilines is 2. The highest BCUT2D eigenvalue weighted by Gasteiger charge is 2.45. The average molecular weight is 451 g/mol. The Morgan fingerprint density at radius 3 is 2.45 bits per heavy atom. The molecule has 1 heterocycles. The van der Waals surface area contributed by atoms with Crippen LogP contribution in [-0.4, -0.2) is 32.1 Å². The number of methoxy groups -OCH3 is 2. The van der Waals surface area contributed by atoms with Crippen molar-refractivity contribution in [2.45, 2.75) is 39.3 Å². The largest absolute Gasteiger partial charge is 0.493 e. The molecule has 4 rings (SSSR count). The molecule has 174 valence electrons. The molecule has 33 heavy (non-hydrogen) atoms. The van der Waals surface area contributed by atoms with Crippen LogP contribution in [0.4, 0.5) is 11.4 Å². The number of carbonyl (C=O) groups excluding carboxylic acids is 2. The van der Waals surface area contributed by atoms with Crippen LogP contribution in [0.3, 0.4) is 0 Å². The van der Waals surface area contributed by atoms with E-state index in [0.29, 0.717) is 23.5 Å². The second kappa shape index (κ2) is 9.17. The molecule has 0 saturated carbocycles. The van der Waals surface area contributed by atoms with Gasteiger partial charge < -0.3 is 24.8 Å². The smallest absolute Gasteiger partial charge is 0.316 e. The molecule has 0 radical (unpaired) electrons. The fourth-order valence-corrected chi connectivity index (χ4v) is 4.65. The minimum Gasteiger partial charge on any atom is -0.493 e. The van der Waals surface area contributed by atoms with Crippen molar-refractivity contribution in [1.82, 2.24) is 0 Å². The topological polar surface area (TPSA) is 85.9 Å². The summed E-state index contributed by atoms with van der Waals surface area (Å²) in [6, 6.07) is 12.9. The van der Waals surface area contributed by atoms with Gasteiger partial charge in [-0.15, -0.1) is 0 Å². The zero-order valence-electron chi connectivity index (χ0n) is 19.6.